The van der Waals surface area contributed by atoms with E-state index in [0.717, 1.165) is 4.90 Å². The number of carbonyl (C=O) groups excluding carboxylic acids is 2. The molecule has 1 aromatic heterocycles. The van der Waals surface area contributed by atoms with Gasteiger partial charge in [0.2, 0.25) is 5.91 Å². The minimum Gasteiger partial charge on any atom is -0.481 e. The highest BCUT2D eigenvalue weighted by atomic mass is 32.1. The van der Waals surface area contributed by atoms with Crippen LogP contribution in [0.3, 0.4) is 0 Å². The molecule has 0 aliphatic carbocycles. The summed E-state index contributed by atoms with van der Waals surface area (Å²) in [6.07, 6.45) is -4.69. The highest BCUT2D eigenvalue weighted by Gasteiger charge is 2.64. The van der Waals surface area contributed by atoms with Crippen molar-refractivity contribution in [2.75, 3.05) is 19.6 Å². The van der Waals surface area contributed by atoms with Gasteiger partial charge in [-0.1, -0.05) is 6.07 Å². The van der Waals surface area contributed by atoms with Gasteiger partial charge in [-0.05, 0) is 30.7 Å². The lowest BCUT2D eigenvalue weighted by molar-refractivity contribution is -0.227. The molecular weight excluding hydrogens is 373 g/mol. The molecule has 0 aromatic carbocycles. The molecule has 6 nitrogen and oxygen atoms in total. The Morgan fingerprint density at radius 1 is 1.27 bits per heavy atom. The number of carboxylic acids is 1. The second-order valence-corrected chi connectivity index (χ2v) is 7.48. The summed E-state index contributed by atoms with van der Waals surface area (Å²) in [5.41, 5.74) is -2.94. The molecule has 1 N–H and O–H groups in total. The molecule has 2 atom stereocenters. The fraction of sp³-hybridized carbons (Fsp3) is 0.562. The Hall–Kier alpha value is -2.10. The van der Waals surface area contributed by atoms with Crippen molar-refractivity contribution in [2.24, 2.45) is 5.41 Å². The Labute approximate surface area is 151 Å². The van der Waals surface area contributed by atoms with Gasteiger partial charge in [0, 0.05) is 19.6 Å². The second kappa shape index (κ2) is 6.57. The van der Waals surface area contributed by atoms with Crippen molar-refractivity contribution in [1.82, 2.24) is 9.80 Å². The van der Waals surface area contributed by atoms with Gasteiger partial charge in [0.15, 0.2) is 5.41 Å². The topological polar surface area (TPSA) is 77.9 Å². The largest absolute Gasteiger partial charge is 0.481 e. The molecule has 0 saturated carbocycles. The van der Waals surface area contributed by atoms with E-state index >= 15 is 0 Å². The van der Waals surface area contributed by atoms with E-state index in [9.17, 15) is 27.6 Å². The van der Waals surface area contributed by atoms with E-state index in [2.05, 4.69) is 0 Å². The van der Waals surface area contributed by atoms with Crippen molar-refractivity contribution in [1.29, 1.82) is 0 Å². The third-order valence-corrected chi connectivity index (χ3v) is 5.92. The van der Waals surface area contributed by atoms with Crippen LogP contribution in [0.15, 0.2) is 17.5 Å². The highest BCUT2D eigenvalue weighted by Crippen LogP contribution is 2.46. The van der Waals surface area contributed by atoms with Crippen molar-refractivity contribution in [3.05, 3.63) is 22.4 Å². The Balaban J connectivity index is 1.77. The highest BCUT2D eigenvalue weighted by molar-refractivity contribution is 7.12. The third-order valence-electron chi connectivity index (χ3n) is 5.06. The van der Waals surface area contributed by atoms with Crippen LogP contribution in [0.25, 0.3) is 0 Å². The van der Waals surface area contributed by atoms with Gasteiger partial charge in [-0.15, -0.1) is 11.3 Å². The predicted octanol–water partition coefficient (Wildman–Crippen LogP) is 2.22. The standard InChI is InChI=1S/C16H17F3N2O4S/c17-16(18,19)15(14(24)25)5-7-20(9-15)12(22)10-3-1-6-21(10)13(23)11-4-2-8-26-11/h2,4,8,10H,1,3,5-7,9H2,(H,24,25). The number of nitrogens with zero attached hydrogens (tertiary/aromatic N) is 2. The lowest BCUT2D eigenvalue weighted by Gasteiger charge is -2.30. The lowest BCUT2D eigenvalue weighted by atomic mass is 9.86. The van der Waals surface area contributed by atoms with Crippen LogP contribution in [-0.2, 0) is 9.59 Å². The summed E-state index contributed by atoms with van der Waals surface area (Å²) in [7, 11) is 0. The number of likely N-dealkylation sites (tertiary alicyclic amines) is 2. The molecule has 2 aliphatic heterocycles. The summed E-state index contributed by atoms with van der Waals surface area (Å²) < 4.78 is 39.9. The van der Waals surface area contributed by atoms with Crippen LogP contribution in [0.5, 0.6) is 0 Å². The molecule has 2 saturated heterocycles. The molecule has 2 unspecified atom stereocenters. The van der Waals surface area contributed by atoms with Crippen molar-refractivity contribution < 1.29 is 32.7 Å². The van der Waals surface area contributed by atoms with Gasteiger partial charge < -0.3 is 14.9 Å². The molecule has 2 aliphatic rings. The molecule has 0 bridgehead atoms. The summed E-state index contributed by atoms with van der Waals surface area (Å²) >= 11 is 1.23. The first kappa shape index (κ1) is 18.7. The number of carboxylic acid groups (broad SMARTS) is 1. The first-order valence-electron chi connectivity index (χ1n) is 8.11. The number of amides is 2. The SMILES string of the molecule is O=C(C1CCCN1C(=O)c1cccs1)N1CCC(C(=O)O)(C(F)(F)F)C1. The summed E-state index contributed by atoms with van der Waals surface area (Å²) in [5, 5.41) is 10.8. The number of halogens is 3. The van der Waals surface area contributed by atoms with Crippen LogP contribution in [0.4, 0.5) is 13.2 Å². The van der Waals surface area contributed by atoms with Gasteiger partial charge in [0.05, 0.1) is 4.88 Å². The quantitative estimate of drug-likeness (QED) is 0.859. The molecule has 0 spiro atoms. The first-order valence-corrected chi connectivity index (χ1v) is 8.99. The van der Waals surface area contributed by atoms with E-state index in [4.69, 9.17) is 5.11 Å². The average Bonchev–Trinajstić information content (AvgIpc) is 3.32. The van der Waals surface area contributed by atoms with E-state index in [1.165, 1.54) is 16.2 Å². The van der Waals surface area contributed by atoms with Crippen LogP contribution >= 0.6 is 11.3 Å². The fourth-order valence-corrected chi connectivity index (χ4v) is 4.22. The normalized spacial score (nSPS) is 26.3. The van der Waals surface area contributed by atoms with Crippen LogP contribution in [-0.4, -0.2) is 64.5 Å². The zero-order valence-corrected chi connectivity index (χ0v) is 14.5. The Kier molecular flexibility index (Phi) is 4.72. The number of aliphatic carboxylic acids is 1. The van der Waals surface area contributed by atoms with Gasteiger partial charge in [-0.3, -0.25) is 14.4 Å². The van der Waals surface area contributed by atoms with Crippen molar-refractivity contribution in [3.8, 4) is 0 Å². The van der Waals surface area contributed by atoms with E-state index in [1.54, 1.807) is 17.5 Å². The minimum absolute atomic E-state index is 0.290. The first-order chi connectivity index (χ1) is 12.2. The lowest BCUT2D eigenvalue weighted by Crippen LogP contribution is -2.51. The van der Waals surface area contributed by atoms with Crippen LogP contribution < -0.4 is 0 Å². The number of hydrogen-bond acceptors (Lipinski definition) is 4. The van der Waals surface area contributed by atoms with Gasteiger partial charge in [-0.2, -0.15) is 13.2 Å². The Morgan fingerprint density at radius 3 is 2.54 bits per heavy atom. The average molecular weight is 390 g/mol. The number of hydrogen-bond donors (Lipinski definition) is 1. The van der Waals surface area contributed by atoms with Gasteiger partial charge in [0.1, 0.15) is 6.04 Å². The molecule has 10 heteroatoms. The van der Waals surface area contributed by atoms with Gasteiger partial charge >= 0.3 is 12.1 Å². The molecule has 2 amide bonds. The molecular formula is C16H17F3N2O4S. The Bertz CT molecular complexity index is 722. The number of rotatable bonds is 3. The molecule has 3 rings (SSSR count). The molecule has 1 aromatic rings. The predicted molar refractivity (Wildman–Crippen MR) is 85.7 cm³/mol. The second-order valence-electron chi connectivity index (χ2n) is 6.53. The molecule has 142 valence electrons. The molecule has 3 heterocycles. The third kappa shape index (κ3) is 2.95. The van der Waals surface area contributed by atoms with E-state index in [1.807, 2.05) is 0 Å². The zero-order valence-electron chi connectivity index (χ0n) is 13.7. The van der Waals surface area contributed by atoms with E-state index < -0.39 is 42.5 Å². The Morgan fingerprint density at radius 2 is 2.00 bits per heavy atom. The smallest absolute Gasteiger partial charge is 0.406 e. The van der Waals surface area contributed by atoms with Crippen molar-refractivity contribution in [2.45, 2.75) is 31.5 Å². The molecule has 2 fully saturated rings. The fourth-order valence-electron chi connectivity index (χ4n) is 3.54. The molecule has 0 radical (unpaired) electrons. The van der Waals surface area contributed by atoms with Crippen LogP contribution in [0.1, 0.15) is 28.9 Å². The van der Waals surface area contributed by atoms with E-state index in [-0.39, 0.29) is 12.5 Å². The van der Waals surface area contributed by atoms with Crippen LogP contribution in [0.2, 0.25) is 0 Å². The summed E-state index contributed by atoms with van der Waals surface area (Å²) in [4.78, 5) is 39.3. The number of carbonyl (C=O) groups is 3. The summed E-state index contributed by atoms with van der Waals surface area (Å²) in [5.74, 6) is -2.91. The van der Waals surface area contributed by atoms with Crippen molar-refractivity contribution in [3.63, 3.8) is 0 Å². The van der Waals surface area contributed by atoms with Crippen LogP contribution in [0, 0.1) is 5.41 Å². The number of alkyl halides is 3. The van der Waals surface area contributed by atoms with Gasteiger partial charge in [0.25, 0.3) is 5.91 Å². The maximum Gasteiger partial charge on any atom is 0.406 e. The summed E-state index contributed by atoms with van der Waals surface area (Å²) in [6, 6.07) is 2.49. The summed E-state index contributed by atoms with van der Waals surface area (Å²) in [6.45, 7) is -0.852. The minimum atomic E-state index is -4.95. The zero-order chi connectivity index (χ0) is 19.1. The number of thiophene rings is 1. The van der Waals surface area contributed by atoms with E-state index in [0.29, 0.717) is 24.3 Å². The maximum atomic E-state index is 13.3. The maximum absolute atomic E-state index is 13.3. The van der Waals surface area contributed by atoms with Gasteiger partial charge in [-0.25, -0.2) is 0 Å². The van der Waals surface area contributed by atoms with Crippen molar-refractivity contribution >= 4 is 29.1 Å². The monoisotopic (exact) mass is 390 g/mol. The molecule has 26 heavy (non-hydrogen) atoms.